The van der Waals surface area contributed by atoms with Crippen molar-refractivity contribution in [2.24, 2.45) is 5.92 Å². The lowest BCUT2D eigenvalue weighted by Gasteiger charge is -2.33. The summed E-state index contributed by atoms with van der Waals surface area (Å²) < 4.78 is 5.76. The molecule has 1 saturated heterocycles. The van der Waals surface area contributed by atoms with E-state index in [0.717, 1.165) is 38.3 Å². The molecule has 2 aliphatic heterocycles. The van der Waals surface area contributed by atoms with Crippen molar-refractivity contribution in [3.05, 3.63) is 29.8 Å². The third-order valence-electron chi connectivity index (χ3n) is 4.29. The van der Waals surface area contributed by atoms with Crippen molar-refractivity contribution in [1.29, 1.82) is 0 Å². The summed E-state index contributed by atoms with van der Waals surface area (Å²) in [5.74, 6) is 1.34. The fraction of sp³-hybridized carbons (Fsp3) is 0.562. The fourth-order valence-electron chi connectivity index (χ4n) is 2.87. The first-order valence-corrected chi connectivity index (χ1v) is 7.64. The van der Waals surface area contributed by atoms with E-state index in [-0.39, 0.29) is 6.03 Å². The van der Waals surface area contributed by atoms with E-state index >= 15 is 0 Å². The predicted octanol–water partition coefficient (Wildman–Crippen LogP) is 1.19. The molecule has 2 aliphatic rings. The van der Waals surface area contributed by atoms with E-state index < -0.39 is 0 Å². The number of para-hydroxylation sites is 1. The van der Waals surface area contributed by atoms with Crippen LogP contribution in [0.2, 0.25) is 0 Å². The highest BCUT2D eigenvalue weighted by atomic mass is 16.5. The van der Waals surface area contributed by atoms with Crippen molar-refractivity contribution in [3.63, 3.8) is 0 Å². The molecule has 21 heavy (non-hydrogen) atoms. The van der Waals surface area contributed by atoms with Crippen LogP contribution in [-0.4, -0.2) is 62.2 Å². The molecule has 0 unspecified atom stereocenters. The molecule has 0 bridgehead atoms. The van der Waals surface area contributed by atoms with Gasteiger partial charge in [-0.15, -0.1) is 0 Å². The Bertz CT molecular complexity index is 498. The number of carbonyl (C=O) groups is 1. The van der Waals surface area contributed by atoms with Crippen molar-refractivity contribution in [3.8, 4) is 5.75 Å². The predicted molar refractivity (Wildman–Crippen MR) is 81.6 cm³/mol. The molecule has 0 aromatic heterocycles. The number of ether oxygens (including phenoxy) is 1. The molecule has 5 heteroatoms. The Morgan fingerprint density at radius 3 is 2.86 bits per heavy atom. The van der Waals surface area contributed by atoms with Crippen LogP contribution >= 0.6 is 0 Å². The number of hydrogen-bond acceptors (Lipinski definition) is 3. The van der Waals surface area contributed by atoms with Crippen molar-refractivity contribution < 1.29 is 9.53 Å². The van der Waals surface area contributed by atoms with Crippen LogP contribution < -0.4 is 10.1 Å². The smallest absolute Gasteiger partial charge is 0.317 e. The van der Waals surface area contributed by atoms with E-state index in [1.54, 1.807) is 0 Å². The number of rotatable bonds is 2. The van der Waals surface area contributed by atoms with Crippen LogP contribution in [0.25, 0.3) is 0 Å². The lowest BCUT2D eigenvalue weighted by Crippen LogP contribution is -2.51. The number of benzene rings is 1. The van der Waals surface area contributed by atoms with Crippen LogP contribution in [0.4, 0.5) is 4.79 Å². The maximum atomic E-state index is 12.1. The zero-order valence-corrected chi connectivity index (χ0v) is 12.5. The minimum absolute atomic E-state index is 0.0574. The summed E-state index contributed by atoms with van der Waals surface area (Å²) in [4.78, 5) is 16.3. The SMILES string of the molecule is CN1CCN(C(=O)NC[C@H]2COc3ccccc3C2)CC1. The van der Waals surface area contributed by atoms with Crippen molar-refractivity contribution >= 4 is 6.03 Å². The van der Waals surface area contributed by atoms with Crippen LogP contribution in [0, 0.1) is 5.92 Å². The minimum atomic E-state index is 0.0574. The van der Waals surface area contributed by atoms with E-state index in [2.05, 4.69) is 23.3 Å². The average molecular weight is 289 g/mol. The summed E-state index contributed by atoms with van der Waals surface area (Å²) in [6.07, 6.45) is 0.971. The van der Waals surface area contributed by atoms with Crippen molar-refractivity contribution in [2.75, 3.05) is 46.4 Å². The first kappa shape index (κ1) is 14.2. The largest absolute Gasteiger partial charge is 0.493 e. The molecule has 1 N–H and O–H groups in total. The molecule has 1 fully saturated rings. The van der Waals surface area contributed by atoms with Gasteiger partial charge in [0.2, 0.25) is 0 Å². The van der Waals surface area contributed by atoms with Gasteiger partial charge in [0, 0.05) is 38.6 Å². The number of piperazine rings is 1. The van der Waals surface area contributed by atoms with Crippen LogP contribution in [0.15, 0.2) is 24.3 Å². The maximum absolute atomic E-state index is 12.1. The summed E-state index contributed by atoms with van der Waals surface area (Å²) in [7, 11) is 2.09. The number of fused-ring (bicyclic) bond motifs is 1. The number of carbonyl (C=O) groups excluding carboxylic acids is 1. The highest BCUT2D eigenvalue weighted by Crippen LogP contribution is 2.26. The Morgan fingerprint density at radius 2 is 2.05 bits per heavy atom. The molecule has 2 amide bonds. The van der Waals surface area contributed by atoms with Gasteiger partial charge in [-0.2, -0.15) is 0 Å². The van der Waals surface area contributed by atoms with Crippen LogP contribution in [-0.2, 0) is 6.42 Å². The summed E-state index contributed by atoms with van der Waals surface area (Å²) in [5.41, 5.74) is 1.24. The monoisotopic (exact) mass is 289 g/mol. The van der Waals surface area contributed by atoms with Gasteiger partial charge in [-0.25, -0.2) is 4.79 Å². The Kier molecular flexibility index (Phi) is 4.29. The standard InChI is InChI=1S/C16H23N3O2/c1-18-6-8-19(9-7-18)16(20)17-11-13-10-14-4-2-3-5-15(14)21-12-13/h2-5,13H,6-12H2,1H3,(H,17,20)/t13-/m0/s1. The van der Waals surface area contributed by atoms with Gasteiger partial charge >= 0.3 is 6.03 Å². The number of likely N-dealkylation sites (N-methyl/N-ethyl adjacent to an activating group) is 1. The summed E-state index contributed by atoms with van der Waals surface area (Å²) in [5, 5.41) is 3.06. The summed E-state index contributed by atoms with van der Waals surface area (Å²) in [6.45, 7) is 4.89. The second kappa shape index (κ2) is 6.35. The third kappa shape index (κ3) is 3.47. The van der Waals surface area contributed by atoms with Crippen LogP contribution in [0.1, 0.15) is 5.56 Å². The quantitative estimate of drug-likeness (QED) is 0.889. The molecular formula is C16H23N3O2. The van der Waals surface area contributed by atoms with Crippen LogP contribution in [0.5, 0.6) is 5.75 Å². The van der Waals surface area contributed by atoms with Gasteiger partial charge in [-0.3, -0.25) is 0 Å². The van der Waals surface area contributed by atoms with Crippen molar-refractivity contribution in [1.82, 2.24) is 15.1 Å². The maximum Gasteiger partial charge on any atom is 0.317 e. The lowest BCUT2D eigenvalue weighted by molar-refractivity contribution is 0.150. The molecule has 1 aromatic rings. The first-order valence-electron chi connectivity index (χ1n) is 7.64. The molecule has 2 heterocycles. The number of nitrogens with zero attached hydrogens (tertiary/aromatic N) is 2. The molecule has 0 saturated carbocycles. The first-order chi connectivity index (χ1) is 10.2. The van der Waals surface area contributed by atoms with E-state index in [9.17, 15) is 4.79 Å². The third-order valence-corrected chi connectivity index (χ3v) is 4.29. The summed E-state index contributed by atoms with van der Waals surface area (Å²) in [6, 6.07) is 8.20. The molecule has 114 valence electrons. The molecular weight excluding hydrogens is 266 g/mol. The average Bonchev–Trinajstić information content (AvgIpc) is 2.53. The second-order valence-corrected chi connectivity index (χ2v) is 5.97. The Morgan fingerprint density at radius 1 is 1.29 bits per heavy atom. The zero-order valence-electron chi connectivity index (χ0n) is 12.5. The normalized spacial score (nSPS) is 22.3. The number of amides is 2. The number of urea groups is 1. The Hall–Kier alpha value is -1.75. The lowest BCUT2D eigenvalue weighted by atomic mass is 9.97. The number of hydrogen-bond donors (Lipinski definition) is 1. The van der Waals surface area contributed by atoms with Gasteiger partial charge in [0.05, 0.1) is 6.61 Å². The molecule has 0 aliphatic carbocycles. The molecule has 0 spiro atoms. The highest BCUT2D eigenvalue weighted by molar-refractivity contribution is 5.74. The Labute approximate surface area is 125 Å². The molecule has 0 radical (unpaired) electrons. The van der Waals surface area contributed by atoms with Crippen molar-refractivity contribution in [2.45, 2.75) is 6.42 Å². The van der Waals surface area contributed by atoms with Gasteiger partial charge < -0.3 is 19.9 Å². The Balaban J connectivity index is 1.47. The highest BCUT2D eigenvalue weighted by Gasteiger charge is 2.22. The van der Waals surface area contributed by atoms with Crippen LogP contribution in [0.3, 0.4) is 0 Å². The van der Waals surface area contributed by atoms with Gasteiger partial charge in [-0.1, -0.05) is 18.2 Å². The van der Waals surface area contributed by atoms with Gasteiger partial charge in [0.1, 0.15) is 5.75 Å². The molecule has 1 atom stereocenters. The van der Waals surface area contributed by atoms with E-state index in [1.807, 2.05) is 23.1 Å². The minimum Gasteiger partial charge on any atom is -0.493 e. The fourth-order valence-corrected chi connectivity index (χ4v) is 2.87. The van der Waals surface area contributed by atoms with E-state index in [1.165, 1.54) is 5.56 Å². The van der Waals surface area contributed by atoms with Gasteiger partial charge in [-0.05, 0) is 25.1 Å². The topological polar surface area (TPSA) is 44.8 Å². The molecule has 1 aromatic carbocycles. The molecule has 5 nitrogen and oxygen atoms in total. The second-order valence-electron chi connectivity index (χ2n) is 5.97. The summed E-state index contributed by atoms with van der Waals surface area (Å²) >= 11 is 0. The van der Waals surface area contributed by atoms with Gasteiger partial charge in [0.25, 0.3) is 0 Å². The van der Waals surface area contributed by atoms with E-state index in [4.69, 9.17) is 4.74 Å². The van der Waals surface area contributed by atoms with E-state index in [0.29, 0.717) is 19.1 Å². The van der Waals surface area contributed by atoms with Gasteiger partial charge in [0.15, 0.2) is 0 Å². The number of nitrogens with one attached hydrogen (secondary N) is 1. The molecule has 3 rings (SSSR count). The zero-order chi connectivity index (χ0) is 14.7.